The number of hydrogen-bond donors (Lipinski definition) is 3. The first-order valence-electron chi connectivity index (χ1n) is 11.6. The summed E-state index contributed by atoms with van der Waals surface area (Å²) in [6, 6.07) is 14.9. The fourth-order valence-electron chi connectivity index (χ4n) is 4.05. The fourth-order valence-corrected chi connectivity index (χ4v) is 4.05. The van der Waals surface area contributed by atoms with Crippen LogP contribution in [0.25, 0.3) is 11.1 Å². The van der Waals surface area contributed by atoms with Crippen molar-refractivity contribution in [3.8, 4) is 22.6 Å². The zero-order valence-electron chi connectivity index (χ0n) is 19.2. The number of benzene rings is 2. The largest absolute Gasteiger partial charge is 0.493 e. The monoisotopic (exact) mass is 462 g/mol. The van der Waals surface area contributed by atoms with Crippen molar-refractivity contribution in [3.05, 3.63) is 77.6 Å². The Morgan fingerprint density at radius 1 is 1.24 bits per heavy atom. The number of rotatable bonds is 10. The van der Waals surface area contributed by atoms with E-state index < -0.39 is 12.1 Å². The van der Waals surface area contributed by atoms with Crippen molar-refractivity contribution >= 4 is 5.97 Å². The van der Waals surface area contributed by atoms with E-state index in [0.717, 1.165) is 47.3 Å². The van der Waals surface area contributed by atoms with Crippen LogP contribution in [0.15, 0.2) is 60.9 Å². The van der Waals surface area contributed by atoms with Crippen LogP contribution in [0.1, 0.15) is 47.4 Å². The van der Waals surface area contributed by atoms with Gasteiger partial charge in [0, 0.05) is 31.0 Å². The summed E-state index contributed by atoms with van der Waals surface area (Å²) in [7, 11) is 0. The Morgan fingerprint density at radius 3 is 2.82 bits per heavy atom. The van der Waals surface area contributed by atoms with E-state index >= 15 is 0 Å². The lowest BCUT2D eigenvalue weighted by atomic mass is 9.96. The number of ether oxygens (including phenoxy) is 2. The normalized spacial score (nSPS) is 15.8. The highest BCUT2D eigenvalue weighted by molar-refractivity contribution is 5.92. The van der Waals surface area contributed by atoms with Crippen molar-refractivity contribution in [2.45, 2.75) is 38.4 Å². The Balaban J connectivity index is 1.39. The molecule has 0 saturated carbocycles. The van der Waals surface area contributed by atoms with Gasteiger partial charge in [0.1, 0.15) is 23.2 Å². The van der Waals surface area contributed by atoms with Gasteiger partial charge in [-0.25, -0.2) is 4.79 Å². The highest BCUT2D eigenvalue weighted by atomic mass is 16.5. The predicted octanol–water partition coefficient (Wildman–Crippen LogP) is 4.25. The molecule has 7 nitrogen and oxygen atoms in total. The molecule has 0 bridgehead atoms. The Hall–Kier alpha value is -3.42. The Morgan fingerprint density at radius 2 is 2.06 bits per heavy atom. The SMILES string of the molecule is CCCOc1cc(-c2ccc3c(c2)CC[C@H](CNC[C@H](O)c2cccnc2)O3)ccc1C(=O)O. The number of carboxylic acid groups (broad SMARTS) is 1. The number of carbonyl (C=O) groups is 1. The lowest BCUT2D eigenvalue weighted by Crippen LogP contribution is -2.36. The number of nitrogens with one attached hydrogen (secondary N) is 1. The summed E-state index contributed by atoms with van der Waals surface area (Å²) in [5.74, 6) is 0.253. The zero-order valence-corrected chi connectivity index (χ0v) is 19.2. The molecular weight excluding hydrogens is 432 g/mol. The number of aromatic carboxylic acids is 1. The van der Waals surface area contributed by atoms with Gasteiger partial charge in [-0.15, -0.1) is 0 Å². The molecule has 1 aromatic heterocycles. The van der Waals surface area contributed by atoms with Crippen LogP contribution in [0.2, 0.25) is 0 Å². The van der Waals surface area contributed by atoms with Gasteiger partial charge in [-0.3, -0.25) is 4.98 Å². The van der Waals surface area contributed by atoms with E-state index in [0.29, 0.717) is 25.4 Å². The van der Waals surface area contributed by atoms with Crippen molar-refractivity contribution in [2.75, 3.05) is 19.7 Å². The van der Waals surface area contributed by atoms with Crippen molar-refractivity contribution in [3.63, 3.8) is 0 Å². The highest BCUT2D eigenvalue weighted by Crippen LogP contribution is 2.34. The van der Waals surface area contributed by atoms with E-state index in [9.17, 15) is 15.0 Å². The molecule has 1 aliphatic heterocycles. The molecule has 178 valence electrons. The Kier molecular flexibility index (Phi) is 7.77. The van der Waals surface area contributed by atoms with Gasteiger partial charge in [0.2, 0.25) is 0 Å². The van der Waals surface area contributed by atoms with E-state index in [1.54, 1.807) is 24.5 Å². The molecule has 0 saturated heterocycles. The molecule has 2 heterocycles. The smallest absolute Gasteiger partial charge is 0.339 e. The van der Waals surface area contributed by atoms with Crippen LogP contribution in [0.5, 0.6) is 11.5 Å². The quantitative estimate of drug-likeness (QED) is 0.414. The highest BCUT2D eigenvalue weighted by Gasteiger charge is 2.21. The predicted molar refractivity (Wildman–Crippen MR) is 129 cm³/mol. The van der Waals surface area contributed by atoms with Gasteiger partial charge in [-0.05, 0) is 66.3 Å². The van der Waals surface area contributed by atoms with Gasteiger partial charge in [0.05, 0.1) is 12.7 Å². The molecule has 2 atom stereocenters. The summed E-state index contributed by atoms with van der Waals surface area (Å²) in [4.78, 5) is 15.6. The van der Waals surface area contributed by atoms with E-state index in [1.807, 2.05) is 37.3 Å². The molecular formula is C27H30N2O5. The molecule has 0 unspecified atom stereocenters. The van der Waals surface area contributed by atoms with Crippen LogP contribution in [-0.2, 0) is 6.42 Å². The molecule has 0 spiro atoms. The topological polar surface area (TPSA) is 101 Å². The molecule has 3 aromatic rings. The first kappa shape index (κ1) is 23.7. The van der Waals surface area contributed by atoms with Gasteiger partial charge in [-0.2, -0.15) is 0 Å². The molecule has 4 rings (SSSR count). The number of aromatic nitrogens is 1. The van der Waals surface area contributed by atoms with Crippen molar-refractivity contribution in [2.24, 2.45) is 0 Å². The van der Waals surface area contributed by atoms with E-state index in [1.165, 1.54) is 0 Å². The molecule has 0 amide bonds. The number of fused-ring (bicyclic) bond motifs is 1. The summed E-state index contributed by atoms with van der Waals surface area (Å²) in [6.45, 7) is 3.54. The summed E-state index contributed by atoms with van der Waals surface area (Å²) in [5, 5.41) is 23.0. The number of pyridine rings is 1. The third-order valence-corrected chi connectivity index (χ3v) is 5.88. The summed E-state index contributed by atoms with van der Waals surface area (Å²) < 4.78 is 11.9. The van der Waals surface area contributed by atoms with Crippen LogP contribution in [-0.4, -0.2) is 47.0 Å². The van der Waals surface area contributed by atoms with Crippen molar-refractivity contribution < 1.29 is 24.5 Å². The summed E-state index contributed by atoms with van der Waals surface area (Å²) >= 11 is 0. The van der Waals surface area contributed by atoms with Crippen LogP contribution in [0.3, 0.4) is 0 Å². The maximum absolute atomic E-state index is 11.5. The molecule has 0 aliphatic carbocycles. The van der Waals surface area contributed by atoms with Gasteiger partial charge in [0.25, 0.3) is 0 Å². The minimum absolute atomic E-state index is 0.0309. The first-order chi connectivity index (χ1) is 16.5. The molecule has 0 radical (unpaired) electrons. The maximum Gasteiger partial charge on any atom is 0.339 e. The third-order valence-electron chi connectivity index (χ3n) is 5.88. The average molecular weight is 463 g/mol. The number of carboxylic acids is 1. The third kappa shape index (κ3) is 5.73. The number of hydrogen-bond acceptors (Lipinski definition) is 6. The molecule has 7 heteroatoms. The number of nitrogens with zero attached hydrogens (tertiary/aromatic N) is 1. The first-order valence-corrected chi connectivity index (χ1v) is 11.6. The standard InChI is InChI=1S/C27H30N2O5/c1-2-12-33-26-14-19(6-9-23(26)27(31)32)18-7-10-25-20(13-18)5-8-22(34-25)16-29-17-24(30)21-4-3-11-28-15-21/h3-4,6-7,9-11,13-15,22,24,29-30H,2,5,8,12,16-17H2,1H3,(H,31,32)/t22-,24+/m1/s1. The summed E-state index contributed by atoms with van der Waals surface area (Å²) in [6.07, 6.45) is 5.34. The summed E-state index contributed by atoms with van der Waals surface area (Å²) in [5.41, 5.74) is 3.99. The van der Waals surface area contributed by atoms with Gasteiger partial charge < -0.3 is 25.0 Å². The van der Waals surface area contributed by atoms with E-state index in [4.69, 9.17) is 9.47 Å². The second-order valence-electron chi connectivity index (χ2n) is 8.43. The second kappa shape index (κ2) is 11.1. The van der Waals surface area contributed by atoms with Gasteiger partial charge in [-0.1, -0.05) is 25.1 Å². The Bertz CT molecular complexity index is 1120. The van der Waals surface area contributed by atoms with Crippen LogP contribution in [0, 0.1) is 0 Å². The fraction of sp³-hybridized carbons (Fsp3) is 0.333. The molecule has 0 fully saturated rings. The van der Waals surface area contributed by atoms with Crippen LogP contribution in [0.4, 0.5) is 0 Å². The number of aryl methyl sites for hydroxylation is 1. The van der Waals surface area contributed by atoms with Crippen molar-refractivity contribution in [1.82, 2.24) is 10.3 Å². The van der Waals surface area contributed by atoms with Crippen LogP contribution >= 0.6 is 0 Å². The molecule has 2 aromatic carbocycles. The molecule has 34 heavy (non-hydrogen) atoms. The minimum atomic E-state index is -0.996. The van der Waals surface area contributed by atoms with E-state index in [2.05, 4.69) is 16.4 Å². The number of aliphatic hydroxyl groups excluding tert-OH is 1. The average Bonchev–Trinajstić information content (AvgIpc) is 2.87. The van der Waals surface area contributed by atoms with E-state index in [-0.39, 0.29) is 11.7 Å². The number of aliphatic hydroxyl groups is 1. The minimum Gasteiger partial charge on any atom is -0.493 e. The molecule has 1 aliphatic rings. The maximum atomic E-state index is 11.5. The second-order valence-corrected chi connectivity index (χ2v) is 8.43. The lowest BCUT2D eigenvalue weighted by Gasteiger charge is -2.27. The van der Waals surface area contributed by atoms with Crippen molar-refractivity contribution in [1.29, 1.82) is 0 Å². The Labute approximate surface area is 199 Å². The van der Waals surface area contributed by atoms with Crippen LogP contribution < -0.4 is 14.8 Å². The lowest BCUT2D eigenvalue weighted by molar-refractivity contribution is 0.0692. The molecule has 3 N–H and O–H groups in total. The zero-order chi connectivity index (χ0) is 23.9. The van der Waals surface area contributed by atoms with Gasteiger partial charge in [0.15, 0.2) is 0 Å². The van der Waals surface area contributed by atoms with Gasteiger partial charge >= 0.3 is 5.97 Å².